The number of nitrogens with one attached hydrogen (secondary N) is 2. The zero-order chi connectivity index (χ0) is 44.9. The molecular formula is C40H44F6N10O5S. The second-order valence-corrected chi connectivity index (χ2v) is 16.8. The molecule has 3 aromatic rings. The summed E-state index contributed by atoms with van der Waals surface area (Å²) >= 11 is 5.66. The van der Waals surface area contributed by atoms with Crippen molar-refractivity contribution in [2.75, 3.05) is 49.5 Å². The Balaban J connectivity index is 0.910. The topological polar surface area (TPSA) is 169 Å². The minimum Gasteiger partial charge on any atom is -0.377 e. The van der Waals surface area contributed by atoms with Gasteiger partial charge in [0.2, 0.25) is 17.7 Å². The number of aromatic nitrogens is 3. The second-order valence-electron chi connectivity index (χ2n) is 16.4. The highest BCUT2D eigenvalue weighted by atomic mass is 32.1. The SMILES string of the molecule is Cn1nc(C2CCC(=O)NC2=O)c2cccc(NC(=O)CN3CCN(CCO[C@H]4CC[C@H](N5C(=S)N(c6cnc(C#N)c(C(F)(F)F)c6)C(=O)C5(C)C)CC4)CC3C(F)(F)F)c21. The molecule has 2 unspecified atom stereocenters. The number of para-hydroxylation sites is 1. The Bertz CT molecular complexity index is 2320. The number of halogens is 6. The summed E-state index contributed by atoms with van der Waals surface area (Å²) in [5.41, 5.74) is -2.25. The van der Waals surface area contributed by atoms with Gasteiger partial charge in [-0.2, -0.15) is 36.7 Å². The highest BCUT2D eigenvalue weighted by molar-refractivity contribution is 7.80. The number of piperidine rings is 1. The number of piperazine rings is 1. The van der Waals surface area contributed by atoms with Gasteiger partial charge in [0, 0.05) is 51.1 Å². The molecule has 15 nitrogen and oxygen atoms in total. The molecule has 7 rings (SSSR count). The normalized spacial score (nSPS) is 24.1. The molecule has 22 heteroatoms. The standard InChI is InChI=1S/C40H44F6N10O5S/c1-38(2)36(60)55(23-17-27(39(41,42)43)29(18-47)48-19-23)37(62)56(38)22-7-9-24(10-8-22)61-16-15-53-13-14-54(30(20-53)40(44,45)46)21-32(58)49-28-6-4-5-25-33(51-52(3)34(25)28)26-11-12-31(57)50-35(26)59/h4-6,17,19,22,24,26,30H,7-16,20-21H2,1-3H3,(H,49,58)(H,50,57,59)/t22-,24-,26?,30?. The molecule has 4 amide bonds. The summed E-state index contributed by atoms with van der Waals surface area (Å²) in [6, 6.07) is 4.95. The van der Waals surface area contributed by atoms with Crippen LogP contribution >= 0.6 is 12.2 Å². The zero-order valence-electron chi connectivity index (χ0n) is 34.0. The summed E-state index contributed by atoms with van der Waals surface area (Å²) in [7, 11) is 1.63. The van der Waals surface area contributed by atoms with Crippen LogP contribution < -0.4 is 15.5 Å². The molecule has 2 atom stereocenters. The fourth-order valence-corrected chi connectivity index (χ4v) is 9.55. The van der Waals surface area contributed by atoms with E-state index in [1.54, 1.807) is 48.9 Å². The minimum atomic E-state index is -4.88. The van der Waals surface area contributed by atoms with Crippen molar-refractivity contribution in [1.29, 1.82) is 5.26 Å². The molecule has 2 N–H and O–H groups in total. The van der Waals surface area contributed by atoms with Gasteiger partial charge < -0.3 is 15.0 Å². The summed E-state index contributed by atoms with van der Waals surface area (Å²) < 4.78 is 92.1. The molecule has 0 radical (unpaired) electrons. The van der Waals surface area contributed by atoms with Crippen molar-refractivity contribution in [2.45, 2.75) is 94.4 Å². The Kier molecular flexibility index (Phi) is 12.4. The van der Waals surface area contributed by atoms with Gasteiger partial charge in [-0.25, -0.2) is 4.98 Å². The molecular weight excluding hydrogens is 847 g/mol. The number of aryl methyl sites for hydroxylation is 1. The number of benzene rings is 1. The first-order valence-electron chi connectivity index (χ1n) is 20.1. The van der Waals surface area contributed by atoms with E-state index < -0.39 is 65.4 Å². The Morgan fingerprint density at radius 3 is 2.47 bits per heavy atom. The van der Waals surface area contributed by atoms with Crippen molar-refractivity contribution in [3.8, 4) is 6.07 Å². The summed E-state index contributed by atoms with van der Waals surface area (Å²) in [5, 5.41) is 19.3. The lowest BCUT2D eigenvalue weighted by atomic mass is 9.89. The number of pyridine rings is 1. The van der Waals surface area contributed by atoms with E-state index in [9.17, 15) is 45.5 Å². The first-order valence-corrected chi connectivity index (χ1v) is 20.5. The molecule has 62 heavy (non-hydrogen) atoms. The average molecular weight is 891 g/mol. The number of amides is 4. The highest BCUT2D eigenvalue weighted by Gasteiger charge is 2.53. The average Bonchev–Trinajstić information content (AvgIpc) is 3.63. The molecule has 5 heterocycles. The molecule has 3 saturated heterocycles. The van der Waals surface area contributed by atoms with Gasteiger partial charge in [0.05, 0.1) is 59.5 Å². The fraction of sp³-hybridized carbons (Fsp3) is 0.550. The van der Waals surface area contributed by atoms with Crippen molar-refractivity contribution < 1.29 is 50.3 Å². The van der Waals surface area contributed by atoms with E-state index in [2.05, 4.69) is 20.7 Å². The number of alkyl halides is 6. The third-order valence-corrected chi connectivity index (χ3v) is 12.5. The number of fused-ring (bicyclic) bond motifs is 1. The Morgan fingerprint density at radius 1 is 1.08 bits per heavy atom. The van der Waals surface area contributed by atoms with Gasteiger partial charge >= 0.3 is 12.4 Å². The molecule has 4 fully saturated rings. The third-order valence-electron chi connectivity index (χ3n) is 12.1. The Hall–Kier alpha value is -5.24. The van der Waals surface area contributed by atoms with E-state index in [0.717, 1.165) is 16.0 Å². The first-order chi connectivity index (χ1) is 29.2. The van der Waals surface area contributed by atoms with Crippen LogP contribution in [0.3, 0.4) is 0 Å². The van der Waals surface area contributed by atoms with Crippen LogP contribution in [0, 0.1) is 11.3 Å². The van der Waals surface area contributed by atoms with Gasteiger partial charge in [-0.05, 0) is 70.3 Å². The van der Waals surface area contributed by atoms with Crippen LogP contribution in [-0.4, -0.2) is 127 Å². The number of hydrogen-bond acceptors (Lipinski definition) is 11. The molecule has 1 aliphatic carbocycles. The molecule has 0 spiro atoms. The number of hydrogen-bond donors (Lipinski definition) is 2. The largest absolute Gasteiger partial charge is 0.419 e. The maximum absolute atomic E-state index is 14.4. The molecule has 332 valence electrons. The minimum absolute atomic E-state index is 0.0197. The second kappa shape index (κ2) is 17.1. The summed E-state index contributed by atoms with van der Waals surface area (Å²) in [6.07, 6.45) is -6.14. The van der Waals surface area contributed by atoms with Crippen molar-refractivity contribution in [3.05, 3.63) is 47.4 Å². The van der Waals surface area contributed by atoms with Crippen LogP contribution in [0.25, 0.3) is 10.9 Å². The molecule has 3 aliphatic heterocycles. The number of rotatable bonds is 10. The lowest BCUT2D eigenvalue weighted by Crippen LogP contribution is -2.60. The van der Waals surface area contributed by atoms with Gasteiger partial charge in [0.15, 0.2) is 10.8 Å². The van der Waals surface area contributed by atoms with Gasteiger partial charge in [0.25, 0.3) is 5.91 Å². The van der Waals surface area contributed by atoms with Crippen molar-refractivity contribution in [3.63, 3.8) is 0 Å². The van der Waals surface area contributed by atoms with E-state index in [1.165, 1.54) is 10.8 Å². The van der Waals surface area contributed by atoms with E-state index >= 15 is 0 Å². The monoisotopic (exact) mass is 890 g/mol. The molecule has 4 aliphatic rings. The number of nitriles is 1. The number of ether oxygens (including phenoxy) is 1. The third kappa shape index (κ3) is 8.85. The summed E-state index contributed by atoms with van der Waals surface area (Å²) in [6.45, 7) is 2.98. The van der Waals surface area contributed by atoms with Crippen LogP contribution in [0.5, 0.6) is 0 Å². The number of imide groups is 1. The zero-order valence-corrected chi connectivity index (χ0v) is 34.8. The quantitative estimate of drug-likeness (QED) is 0.165. The molecule has 1 saturated carbocycles. The van der Waals surface area contributed by atoms with Crippen molar-refractivity contribution in [1.82, 2.24) is 34.8 Å². The maximum atomic E-state index is 14.4. The predicted octanol–water partition coefficient (Wildman–Crippen LogP) is 4.61. The van der Waals surface area contributed by atoms with Crippen LogP contribution in [0.15, 0.2) is 30.5 Å². The smallest absolute Gasteiger partial charge is 0.377 e. The van der Waals surface area contributed by atoms with Gasteiger partial charge in [-0.1, -0.05) is 12.1 Å². The molecule has 2 aromatic heterocycles. The number of nitrogens with zero attached hydrogens (tertiary/aromatic N) is 8. The summed E-state index contributed by atoms with van der Waals surface area (Å²) in [4.78, 5) is 60.3. The van der Waals surface area contributed by atoms with E-state index in [4.69, 9.17) is 22.2 Å². The fourth-order valence-electron chi connectivity index (χ4n) is 8.98. The van der Waals surface area contributed by atoms with Crippen LogP contribution in [0.1, 0.15) is 75.2 Å². The Morgan fingerprint density at radius 2 is 1.81 bits per heavy atom. The van der Waals surface area contributed by atoms with Gasteiger partial charge in [0.1, 0.15) is 17.6 Å². The van der Waals surface area contributed by atoms with Crippen molar-refractivity contribution >= 4 is 63.2 Å². The summed E-state index contributed by atoms with van der Waals surface area (Å²) in [5.74, 6) is -2.71. The Labute approximate surface area is 357 Å². The van der Waals surface area contributed by atoms with Crippen LogP contribution in [0.2, 0.25) is 0 Å². The van der Waals surface area contributed by atoms with E-state index in [0.29, 0.717) is 54.0 Å². The molecule has 0 bridgehead atoms. The van der Waals surface area contributed by atoms with E-state index in [-0.39, 0.29) is 74.5 Å². The van der Waals surface area contributed by atoms with Gasteiger partial charge in [-0.15, -0.1) is 0 Å². The first kappa shape index (κ1) is 44.8. The van der Waals surface area contributed by atoms with Crippen LogP contribution in [0.4, 0.5) is 37.7 Å². The lowest BCUT2D eigenvalue weighted by Gasteiger charge is -2.42. The number of anilines is 2. The molecule has 1 aromatic carbocycles. The van der Waals surface area contributed by atoms with Crippen molar-refractivity contribution in [2.24, 2.45) is 7.05 Å². The van der Waals surface area contributed by atoms with E-state index in [1.807, 2.05) is 0 Å². The predicted molar refractivity (Wildman–Crippen MR) is 214 cm³/mol. The maximum Gasteiger partial charge on any atom is 0.419 e. The number of thiocarbonyl (C=S) groups is 1. The van der Waals surface area contributed by atoms with Gasteiger partial charge in [-0.3, -0.25) is 43.9 Å². The highest BCUT2D eigenvalue weighted by Crippen LogP contribution is 2.41. The van der Waals surface area contributed by atoms with Crippen LogP contribution in [-0.2, 0) is 37.1 Å². The lowest BCUT2D eigenvalue weighted by molar-refractivity contribution is -0.197. The number of carbonyl (C=O) groups excluding carboxylic acids is 4. The number of carbonyl (C=O) groups is 4.